The third-order valence-corrected chi connectivity index (χ3v) is 3.74. The second-order valence-electron chi connectivity index (χ2n) is 3.70. The van der Waals surface area contributed by atoms with Gasteiger partial charge in [-0.2, -0.15) is 26.7 Å². The van der Waals surface area contributed by atoms with E-state index in [0.29, 0.717) is 18.6 Å². The van der Waals surface area contributed by atoms with Crippen LogP contribution in [0.5, 0.6) is 6.01 Å². The molecule has 1 aromatic rings. The van der Waals surface area contributed by atoms with Gasteiger partial charge in [-0.3, -0.25) is 0 Å². The first-order valence-electron chi connectivity index (χ1n) is 5.66. The molecule has 1 aliphatic heterocycles. The largest absolute Gasteiger partial charge is 0.464 e. The second kappa shape index (κ2) is 6.26. The van der Waals surface area contributed by atoms with Crippen molar-refractivity contribution in [1.29, 1.82) is 0 Å². The maximum Gasteiger partial charge on any atom is 0.322 e. The molecule has 1 N–H and O–H groups in total. The van der Waals surface area contributed by atoms with Crippen LogP contribution in [0.2, 0.25) is 5.28 Å². The van der Waals surface area contributed by atoms with Crippen LogP contribution >= 0.6 is 23.4 Å². The predicted octanol–water partition coefficient (Wildman–Crippen LogP) is 2.23. The van der Waals surface area contributed by atoms with Crippen LogP contribution in [0.15, 0.2) is 0 Å². The Kier molecular flexibility index (Phi) is 4.67. The third kappa shape index (κ3) is 3.89. The van der Waals surface area contributed by atoms with Gasteiger partial charge in [0.2, 0.25) is 11.2 Å². The molecule has 2 rings (SSSR count). The lowest BCUT2D eigenvalue weighted by atomic mass is 10.2. The number of thioether (sulfide) groups is 1. The highest BCUT2D eigenvalue weighted by atomic mass is 35.5. The van der Waals surface area contributed by atoms with Crippen molar-refractivity contribution >= 4 is 29.3 Å². The number of hydrogen-bond donors (Lipinski definition) is 1. The Morgan fingerprint density at radius 2 is 2.35 bits per heavy atom. The van der Waals surface area contributed by atoms with E-state index in [0.717, 1.165) is 12.2 Å². The van der Waals surface area contributed by atoms with Gasteiger partial charge in [-0.05, 0) is 37.1 Å². The molecule has 0 aliphatic carbocycles. The minimum absolute atomic E-state index is 0.161. The van der Waals surface area contributed by atoms with Crippen molar-refractivity contribution in [3.8, 4) is 6.01 Å². The fourth-order valence-corrected chi connectivity index (χ4v) is 2.85. The lowest BCUT2D eigenvalue weighted by molar-refractivity contribution is 0.312. The number of aromatic nitrogens is 3. The molecular formula is C10H15ClN4OS. The molecular weight excluding hydrogens is 260 g/mol. The number of nitrogens with one attached hydrogen (secondary N) is 1. The predicted molar refractivity (Wildman–Crippen MR) is 70.0 cm³/mol. The molecule has 1 saturated heterocycles. The highest BCUT2D eigenvalue weighted by molar-refractivity contribution is 7.99. The number of hydrogen-bond acceptors (Lipinski definition) is 6. The summed E-state index contributed by atoms with van der Waals surface area (Å²) in [6.45, 7) is 2.39. The molecule has 1 fully saturated rings. The lowest BCUT2D eigenvalue weighted by Crippen LogP contribution is -2.27. The zero-order valence-corrected chi connectivity index (χ0v) is 11.2. The van der Waals surface area contributed by atoms with Gasteiger partial charge in [0.15, 0.2) is 0 Å². The molecule has 0 spiro atoms. The average Bonchev–Trinajstić information content (AvgIpc) is 2.30. The zero-order chi connectivity index (χ0) is 12.1. The maximum atomic E-state index is 5.82. The van der Waals surface area contributed by atoms with E-state index in [-0.39, 0.29) is 11.3 Å². The van der Waals surface area contributed by atoms with Gasteiger partial charge in [0.1, 0.15) is 0 Å². The molecule has 1 aromatic heterocycles. The van der Waals surface area contributed by atoms with Crippen molar-refractivity contribution < 1.29 is 4.74 Å². The zero-order valence-electron chi connectivity index (χ0n) is 9.65. The fraction of sp³-hybridized carbons (Fsp3) is 0.700. The number of anilines is 1. The summed E-state index contributed by atoms with van der Waals surface area (Å²) in [4.78, 5) is 12.1. The van der Waals surface area contributed by atoms with E-state index >= 15 is 0 Å². The van der Waals surface area contributed by atoms with E-state index < -0.39 is 0 Å². The minimum atomic E-state index is 0.161. The summed E-state index contributed by atoms with van der Waals surface area (Å²) in [5, 5.41) is 3.43. The molecule has 5 nitrogen and oxygen atoms in total. The van der Waals surface area contributed by atoms with Crippen LogP contribution in [0.25, 0.3) is 0 Å². The first kappa shape index (κ1) is 12.7. The van der Waals surface area contributed by atoms with Gasteiger partial charge in [-0.1, -0.05) is 0 Å². The van der Waals surface area contributed by atoms with Gasteiger partial charge >= 0.3 is 6.01 Å². The average molecular weight is 275 g/mol. The van der Waals surface area contributed by atoms with E-state index in [1.54, 1.807) is 0 Å². The molecule has 94 valence electrons. The van der Waals surface area contributed by atoms with Crippen molar-refractivity contribution in [2.45, 2.75) is 25.8 Å². The standard InChI is InChI=1S/C10H15ClN4OS/c1-2-16-10-14-8(11)13-9(15-10)12-7-4-3-5-17-6-7/h7H,2-6H2,1H3,(H,12,13,14,15). The molecule has 7 heteroatoms. The molecule has 0 radical (unpaired) electrons. The van der Waals surface area contributed by atoms with Crippen LogP contribution in [0.1, 0.15) is 19.8 Å². The Bertz CT molecular complexity index is 373. The Morgan fingerprint density at radius 3 is 3.06 bits per heavy atom. The Hall–Kier alpha value is -0.750. The van der Waals surface area contributed by atoms with Crippen LogP contribution in [-0.2, 0) is 0 Å². The number of rotatable bonds is 4. The van der Waals surface area contributed by atoms with Gasteiger partial charge in [-0.15, -0.1) is 0 Å². The number of nitrogens with zero attached hydrogens (tertiary/aromatic N) is 3. The highest BCUT2D eigenvalue weighted by Crippen LogP contribution is 2.20. The summed E-state index contributed by atoms with van der Waals surface area (Å²) in [7, 11) is 0. The first-order valence-corrected chi connectivity index (χ1v) is 7.20. The molecule has 2 heterocycles. The molecule has 17 heavy (non-hydrogen) atoms. The summed E-state index contributed by atoms with van der Waals surface area (Å²) in [5.74, 6) is 2.81. The first-order chi connectivity index (χ1) is 8.28. The third-order valence-electron chi connectivity index (χ3n) is 2.35. The van der Waals surface area contributed by atoms with Crippen LogP contribution in [0.3, 0.4) is 0 Å². The summed E-state index contributed by atoms with van der Waals surface area (Å²) < 4.78 is 5.22. The van der Waals surface area contributed by atoms with E-state index in [9.17, 15) is 0 Å². The van der Waals surface area contributed by atoms with Gasteiger partial charge in [0.05, 0.1) is 6.61 Å². The van der Waals surface area contributed by atoms with Crippen LogP contribution < -0.4 is 10.1 Å². The van der Waals surface area contributed by atoms with Gasteiger partial charge in [-0.25, -0.2) is 0 Å². The molecule has 0 saturated carbocycles. The smallest absolute Gasteiger partial charge is 0.322 e. The van der Waals surface area contributed by atoms with Crippen LogP contribution in [-0.4, -0.2) is 39.1 Å². The fourth-order valence-electron chi connectivity index (χ4n) is 1.63. The highest BCUT2D eigenvalue weighted by Gasteiger charge is 2.15. The summed E-state index contributed by atoms with van der Waals surface area (Å²) in [6.07, 6.45) is 2.36. The second-order valence-corrected chi connectivity index (χ2v) is 5.19. The number of ether oxygens (including phenoxy) is 1. The Morgan fingerprint density at radius 1 is 1.47 bits per heavy atom. The topological polar surface area (TPSA) is 59.9 Å². The molecule has 0 aromatic carbocycles. The van der Waals surface area contributed by atoms with Crippen molar-refractivity contribution in [2.24, 2.45) is 0 Å². The molecule has 1 aliphatic rings. The molecule has 1 unspecified atom stereocenters. The molecule has 0 amide bonds. The minimum Gasteiger partial charge on any atom is -0.464 e. The summed E-state index contributed by atoms with van der Waals surface area (Å²) in [6, 6.07) is 0.681. The van der Waals surface area contributed by atoms with Crippen molar-refractivity contribution in [3.05, 3.63) is 5.28 Å². The van der Waals surface area contributed by atoms with Crippen molar-refractivity contribution in [2.75, 3.05) is 23.4 Å². The van der Waals surface area contributed by atoms with Crippen LogP contribution in [0.4, 0.5) is 5.95 Å². The van der Waals surface area contributed by atoms with Gasteiger partial charge in [0, 0.05) is 11.8 Å². The maximum absolute atomic E-state index is 5.82. The van der Waals surface area contributed by atoms with Crippen molar-refractivity contribution in [1.82, 2.24) is 15.0 Å². The van der Waals surface area contributed by atoms with Crippen molar-refractivity contribution in [3.63, 3.8) is 0 Å². The van der Waals surface area contributed by atoms with Crippen LogP contribution in [0, 0.1) is 0 Å². The van der Waals surface area contributed by atoms with E-state index in [1.807, 2.05) is 18.7 Å². The quantitative estimate of drug-likeness (QED) is 0.909. The van der Waals surface area contributed by atoms with E-state index in [1.165, 1.54) is 12.2 Å². The van der Waals surface area contributed by atoms with E-state index in [2.05, 4.69) is 20.3 Å². The number of halogens is 1. The summed E-state index contributed by atoms with van der Waals surface area (Å²) >= 11 is 7.76. The Balaban J connectivity index is 2.03. The summed E-state index contributed by atoms with van der Waals surface area (Å²) in [5.41, 5.74) is 0. The van der Waals surface area contributed by atoms with E-state index in [4.69, 9.17) is 16.3 Å². The normalized spacial score (nSPS) is 20.0. The lowest BCUT2D eigenvalue weighted by Gasteiger charge is -2.22. The molecule has 0 bridgehead atoms. The molecule has 1 atom stereocenters. The monoisotopic (exact) mass is 274 g/mol. The van der Waals surface area contributed by atoms with Gasteiger partial charge < -0.3 is 10.1 Å². The van der Waals surface area contributed by atoms with Gasteiger partial charge in [0.25, 0.3) is 0 Å². The SMILES string of the molecule is CCOc1nc(Cl)nc(NC2CCCSC2)n1. The Labute approximate surface area is 110 Å².